The van der Waals surface area contributed by atoms with Crippen molar-refractivity contribution in [3.8, 4) is 0 Å². The maximum Gasteiger partial charge on any atom is 0.326 e. The molecule has 0 aliphatic carbocycles. The van der Waals surface area contributed by atoms with Gasteiger partial charge in [-0.2, -0.15) is 0 Å². The highest BCUT2D eigenvalue weighted by atomic mass is 16.4. The summed E-state index contributed by atoms with van der Waals surface area (Å²) >= 11 is 0. The fourth-order valence-corrected chi connectivity index (χ4v) is 2.62. The Morgan fingerprint density at radius 2 is 1.37 bits per heavy atom. The molecule has 0 saturated carbocycles. The number of nitrogens with one attached hydrogen (secondary N) is 3. The molecule has 0 radical (unpaired) electrons. The van der Waals surface area contributed by atoms with E-state index in [0.717, 1.165) is 0 Å². The minimum absolute atomic E-state index is 0.101. The Morgan fingerprint density at radius 3 is 1.83 bits per heavy atom. The third-order valence-electron chi connectivity index (χ3n) is 4.60. The zero-order valence-corrected chi connectivity index (χ0v) is 18.0. The average molecular weight is 431 g/mol. The van der Waals surface area contributed by atoms with Crippen LogP contribution in [0.3, 0.4) is 0 Å². The number of amides is 3. The number of rotatable bonds is 16. The van der Waals surface area contributed by atoms with Gasteiger partial charge in [-0.25, -0.2) is 4.79 Å². The highest BCUT2D eigenvalue weighted by molar-refractivity contribution is 5.92. The number of carboxylic acids is 1. The molecule has 0 rings (SSSR count). The van der Waals surface area contributed by atoms with Crippen LogP contribution in [-0.4, -0.2) is 66.6 Å². The van der Waals surface area contributed by atoms with Gasteiger partial charge in [0.25, 0.3) is 0 Å². The highest BCUT2D eigenvalue weighted by Crippen LogP contribution is 2.04. The molecule has 0 aromatic heterocycles. The van der Waals surface area contributed by atoms with Crippen LogP contribution in [0.1, 0.15) is 52.4 Å². The SMILES string of the molecule is CC(C)C(N)C(=O)NC(CCCCN)C(=O)NCC(=O)NC(CCCCN)C(=O)O. The number of unbranched alkanes of at least 4 members (excludes halogenated alkanes) is 2. The molecule has 0 aliphatic heterocycles. The van der Waals surface area contributed by atoms with Gasteiger partial charge in [0.2, 0.25) is 17.7 Å². The molecule has 10 N–H and O–H groups in total. The highest BCUT2D eigenvalue weighted by Gasteiger charge is 2.26. The molecule has 11 heteroatoms. The van der Waals surface area contributed by atoms with Gasteiger partial charge in [-0.05, 0) is 57.5 Å². The molecule has 0 fully saturated rings. The Hall–Kier alpha value is -2.24. The molecule has 0 saturated heterocycles. The van der Waals surface area contributed by atoms with Crippen LogP contribution in [0, 0.1) is 5.92 Å². The van der Waals surface area contributed by atoms with E-state index in [-0.39, 0.29) is 12.3 Å². The van der Waals surface area contributed by atoms with E-state index in [1.165, 1.54) is 0 Å². The molecule has 0 bridgehead atoms. The lowest BCUT2D eigenvalue weighted by Gasteiger charge is -2.22. The van der Waals surface area contributed by atoms with Gasteiger partial charge < -0.3 is 38.3 Å². The maximum absolute atomic E-state index is 12.5. The molecule has 0 heterocycles. The molecule has 3 atom stereocenters. The van der Waals surface area contributed by atoms with Crippen molar-refractivity contribution >= 4 is 23.7 Å². The van der Waals surface area contributed by atoms with Crippen LogP contribution in [0.4, 0.5) is 0 Å². The number of aliphatic carboxylic acids is 1. The van der Waals surface area contributed by atoms with E-state index in [1.54, 1.807) is 13.8 Å². The molecule has 0 spiro atoms. The quantitative estimate of drug-likeness (QED) is 0.142. The zero-order valence-electron chi connectivity index (χ0n) is 18.0. The number of carbonyl (C=O) groups excluding carboxylic acids is 3. The zero-order chi connectivity index (χ0) is 23.1. The predicted octanol–water partition coefficient (Wildman–Crippen LogP) is -1.60. The molecule has 0 aliphatic rings. The molecule has 0 aromatic rings. The number of hydrogen-bond acceptors (Lipinski definition) is 7. The van der Waals surface area contributed by atoms with Crippen LogP contribution < -0.4 is 33.2 Å². The largest absolute Gasteiger partial charge is 0.480 e. The number of carboxylic acid groups (broad SMARTS) is 1. The molecular formula is C19H38N6O5. The van der Waals surface area contributed by atoms with Crippen molar-refractivity contribution in [3.05, 3.63) is 0 Å². The number of hydrogen-bond donors (Lipinski definition) is 7. The van der Waals surface area contributed by atoms with E-state index in [1.807, 2.05) is 0 Å². The monoisotopic (exact) mass is 430 g/mol. The summed E-state index contributed by atoms with van der Waals surface area (Å²) in [4.78, 5) is 48.0. The Balaban J connectivity index is 4.77. The molecule has 3 amide bonds. The number of carbonyl (C=O) groups is 4. The van der Waals surface area contributed by atoms with Gasteiger partial charge in [0.15, 0.2) is 0 Å². The number of nitrogens with two attached hydrogens (primary N) is 3. The fraction of sp³-hybridized carbons (Fsp3) is 0.789. The van der Waals surface area contributed by atoms with Crippen molar-refractivity contribution in [2.24, 2.45) is 23.1 Å². The van der Waals surface area contributed by atoms with Gasteiger partial charge >= 0.3 is 5.97 Å². The second-order valence-corrected chi connectivity index (χ2v) is 7.58. The summed E-state index contributed by atoms with van der Waals surface area (Å²) in [6.07, 6.45) is 3.10. The van der Waals surface area contributed by atoms with E-state index >= 15 is 0 Å². The lowest BCUT2D eigenvalue weighted by Crippen LogP contribution is -2.54. The lowest BCUT2D eigenvalue weighted by atomic mass is 10.0. The maximum atomic E-state index is 12.5. The molecule has 11 nitrogen and oxygen atoms in total. The van der Waals surface area contributed by atoms with Crippen LogP contribution in [0.5, 0.6) is 0 Å². The van der Waals surface area contributed by atoms with E-state index in [2.05, 4.69) is 16.0 Å². The minimum Gasteiger partial charge on any atom is -0.480 e. The summed E-state index contributed by atoms with van der Waals surface area (Å²) in [7, 11) is 0. The Labute approximate surface area is 177 Å². The second-order valence-electron chi connectivity index (χ2n) is 7.58. The molecule has 174 valence electrons. The summed E-state index contributed by atoms with van der Waals surface area (Å²) in [6.45, 7) is 4.08. The molecule has 30 heavy (non-hydrogen) atoms. The van der Waals surface area contributed by atoms with Crippen LogP contribution in [0.15, 0.2) is 0 Å². The van der Waals surface area contributed by atoms with Gasteiger partial charge in [-0.1, -0.05) is 13.8 Å². The van der Waals surface area contributed by atoms with Crippen molar-refractivity contribution in [2.75, 3.05) is 19.6 Å². The van der Waals surface area contributed by atoms with E-state index in [4.69, 9.17) is 17.2 Å². The average Bonchev–Trinajstić information content (AvgIpc) is 2.69. The van der Waals surface area contributed by atoms with Crippen LogP contribution in [0.25, 0.3) is 0 Å². The summed E-state index contributed by atoms with van der Waals surface area (Å²) in [5, 5.41) is 16.6. The molecule has 0 aromatic carbocycles. The van der Waals surface area contributed by atoms with Gasteiger partial charge in [0.05, 0.1) is 12.6 Å². The summed E-state index contributed by atoms with van der Waals surface area (Å²) in [5.74, 6) is -2.87. The molecule has 3 unspecified atom stereocenters. The smallest absolute Gasteiger partial charge is 0.326 e. The van der Waals surface area contributed by atoms with Gasteiger partial charge in [-0.15, -0.1) is 0 Å². The van der Waals surface area contributed by atoms with Crippen molar-refractivity contribution < 1.29 is 24.3 Å². The summed E-state index contributed by atoms with van der Waals surface area (Å²) in [5.41, 5.74) is 16.7. The van der Waals surface area contributed by atoms with Gasteiger partial charge in [-0.3, -0.25) is 14.4 Å². The summed E-state index contributed by atoms with van der Waals surface area (Å²) in [6, 6.07) is -2.67. The first-order valence-corrected chi connectivity index (χ1v) is 10.4. The van der Waals surface area contributed by atoms with E-state index in [9.17, 15) is 24.3 Å². The van der Waals surface area contributed by atoms with Crippen LogP contribution in [0.2, 0.25) is 0 Å². The normalized spacial score (nSPS) is 13.9. The first kappa shape index (κ1) is 27.8. The Bertz CT molecular complexity index is 558. The van der Waals surface area contributed by atoms with E-state index in [0.29, 0.717) is 45.2 Å². The fourth-order valence-electron chi connectivity index (χ4n) is 2.62. The third-order valence-corrected chi connectivity index (χ3v) is 4.60. The minimum atomic E-state index is -1.15. The van der Waals surface area contributed by atoms with Crippen molar-refractivity contribution in [1.82, 2.24) is 16.0 Å². The Kier molecular flexibility index (Phi) is 14.4. The first-order valence-electron chi connectivity index (χ1n) is 10.4. The van der Waals surface area contributed by atoms with Crippen LogP contribution in [-0.2, 0) is 19.2 Å². The standard InChI is InChI=1S/C19H38N6O5/c1-12(2)16(22)18(28)25-13(7-3-5-9-20)17(27)23-11-15(26)24-14(19(29)30)8-4-6-10-21/h12-14,16H,3-11,20-22H2,1-2H3,(H,23,27)(H,24,26)(H,25,28)(H,29,30). The Morgan fingerprint density at radius 1 is 0.833 bits per heavy atom. The molecular weight excluding hydrogens is 392 g/mol. The van der Waals surface area contributed by atoms with Crippen molar-refractivity contribution in [3.63, 3.8) is 0 Å². The summed E-state index contributed by atoms with van der Waals surface area (Å²) < 4.78 is 0. The second kappa shape index (κ2) is 15.6. The van der Waals surface area contributed by atoms with Crippen molar-refractivity contribution in [1.29, 1.82) is 0 Å². The first-order chi connectivity index (χ1) is 14.1. The van der Waals surface area contributed by atoms with Crippen LogP contribution >= 0.6 is 0 Å². The lowest BCUT2D eigenvalue weighted by molar-refractivity contribution is -0.142. The van der Waals surface area contributed by atoms with E-state index < -0.39 is 48.4 Å². The van der Waals surface area contributed by atoms with Gasteiger partial charge in [0.1, 0.15) is 12.1 Å². The van der Waals surface area contributed by atoms with Gasteiger partial charge in [0, 0.05) is 0 Å². The van der Waals surface area contributed by atoms with Crippen molar-refractivity contribution in [2.45, 2.75) is 70.5 Å². The topological polar surface area (TPSA) is 203 Å². The third kappa shape index (κ3) is 11.7. The predicted molar refractivity (Wildman–Crippen MR) is 113 cm³/mol.